The molecule has 0 radical (unpaired) electrons. The maximum atomic E-state index is 13.1. The normalized spacial score (nSPS) is 18.1. The second kappa shape index (κ2) is 11.8. The van der Waals surface area contributed by atoms with Gasteiger partial charge in [-0.2, -0.15) is 0 Å². The van der Waals surface area contributed by atoms with Crippen LogP contribution < -0.4 is 5.32 Å². The van der Waals surface area contributed by atoms with E-state index >= 15 is 0 Å². The van der Waals surface area contributed by atoms with Gasteiger partial charge >= 0.3 is 0 Å². The van der Waals surface area contributed by atoms with Crippen LogP contribution in [0.3, 0.4) is 0 Å². The number of amides is 1. The predicted molar refractivity (Wildman–Crippen MR) is 156 cm³/mol. The van der Waals surface area contributed by atoms with Crippen LogP contribution >= 0.6 is 58.0 Å². The molecule has 0 spiro atoms. The first-order valence-corrected chi connectivity index (χ1v) is 13.6. The molecule has 1 saturated carbocycles. The topological polar surface area (TPSA) is 67.8 Å². The number of carbonyl (C=O) groups is 2. The molecule has 0 bridgehead atoms. The van der Waals surface area contributed by atoms with Gasteiger partial charge in [-0.3, -0.25) is 9.59 Å². The van der Waals surface area contributed by atoms with Crippen LogP contribution in [0.4, 0.5) is 5.69 Å². The maximum Gasteiger partial charge on any atom is 0.231 e. The molecule has 2 unspecified atom stereocenters. The van der Waals surface area contributed by atoms with E-state index in [0.29, 0.717) is 33.5 Å². The van der Waals surface area contributed by atoms with E-state index in [9.17, 15) is 9.59 Å². The SMILES string of the molecule is CCO/N=C(\C)c1ccc(CC(=O)c2cc(NC(=O)C3C(c4cc(Cl)cc(Cl)c4)C3(Cl)Cl)ccc2Cl)cc1. The highest BCUT2D eigenvalue weighted by Gasteiger charge is 2.67. The third-order valence-corrected chi connectivity index (χ3v) is 7.89. The van der Waals surface area contributed by atoms with Gasteiger partial charge in [-0.1, -0.05) is 64.2 Å². The molecule has 1 fully saturated rings. The molecule has 1 aliphatic rings. The van der Waals surface area contributed by atoms with Crippen molar-refractivity contribution in [2.45, 2.75) is 30.5 Å². The van der Waals surface area contributed by atoms with Crippen LogP contribution in [0.1, 0.15) is 46.8 Å². The second-order valence-electron chi connectivity index (χ2n) is 8.91. The van der Waals surface area contributed by atoms with Crippen molar-refractivity contribution in [3.8, 4) is 0 Å². The Morgan fingerprint density at radius 1 is 0.974 bits per heavy atom. The molecule has 38 heavy (non-hydrogen) atoms. The average molecular weight is 613 g/mol. The summed E-state index contributed by atoms with van der Waals surface area (Å²) in [5, 5.41) is 7.95. The fourth-order valence-electron chi connectivity index (χ4n) is 4.22. The standard InChI is InChI=1S/C28H23Cl5N2O3/c1-3-38-35-15(2)17-6-4-16(5-7-17)10-24(36)22-14-21(8-9-23(22)31)34-27(37)26-25(28(26,32)33)18-11-19(29)13-20(30)12-18/h4-9,11-14,25-26H,3,10H2,1-2H3,(H,34,37)/b35-15+. The molecule has 0 aromatic heterocycles. The van der Waals surface area contributed by atoms with Crippen LogP contribution in [0.2, 0.25) is 15.1 Å². The van der Waals surface area contributed by atoms with Crippen molar-refractivity contribution in [3.05, 3.63) is 98.0 Å². The van der Waals surface area contributed by atoms with Crippen molar-refractivity contribution in [2.75, 3.05) is 11.9 Å². The molecule has 2 atom stereocenters. The first kappa shape index (κ1) is 28.7. The van der Waals surface area contributed by atoms with E-state index < -0.39 is 22.1 Å². The summed E-state index contributed by atoms with van der Waals surface area (Å²) in [7, 11) is 0. The molecule has 3 aromatic rings. The van der Waals surface area contributed by atoms with Gasteiger partial charge in [-0.15, -0.1) is 23.2 Å². The third-order valence-electron chi connectivity index (χ3n) is 6.18. The predicted octanol–water partition coefficient (Wildman–Crippen LogP) is 8.36. The molecule has 10 heteroatoms. The van der Waals surface area contributed by atoms with Gasteiger partial charge in [0.2, 0.25) is 5.91 Å². The summed E-state index contributed by atoms with van der Waals surface area (Å²) in [6.07, 6.45) is 0.131. The minimum absolute atomic E-state index is 0.131. The van der Waals surface area contributed by atoms with Gasteiger partial charge < -0.3 is 10.2 Å². The number of ketones is 1. The lowest BCUT2D eigenvalue weighted by Gasteiger charge is -2.10. The number of anilines is 1. The highest BCUT2D eigenvalue weighted by atomic mass is 35.5. The summed E-state index contributed by atoms with van der Waals surface area (Å²) < 4.78 is -1.32. The number of hydrogen-bond acceptors (Lipinski definition) is 4. The summed E-state index contributed by atoms with van der Waals surface area (Å²) in [6.45, 7) is 4.20. The Morgan fingerprint density at radius 2 is 1.63 bits per heavy atom. The highest BCUT2D eigenvalue weighted by molar-refractivity contribution is 6.53. The lowest BCUT2D eigenvalue weighted by molar-refractivity contribution is -0.117. The quantitative estimate of drug-likeness (QED) is 0.114. The largest absolute Gasteiger partial charge is 0.396 e. The number of nitrogens with zero attached hydrogens (tertiary/aromatic N) is 1. The average Bonchev–Trinajstić information content (AvgIpc) is 3.45. The van der Waals surface area contributed by atoms with Crippen molar-refractivity contribution in [3.63, 3.8) is 0 Å². The fraction of sp³-hybridized carbons (Fsp3) is 0.250. The van der Waals surface area contributed by atoms with E-state index in [4.69, 9.17) is 62.8 Å². The number of halogens is 5. The molecule has 1 N–H and O–H groups in total. The summed E-state index contributed by atoms with van der Waals surface area (Å²) in [6, 6.07) is 17.2. The van der Waals surface area contributed by atoms with Gasteiger partial charge in [0.1, 0.15) is 10.9 Å². The van der Waals surface area contributed by atoms with E-state index in [-0.39, 0.29) is 17.2 Å². The van der Waals surface area contributed by atoms with Crippen LogP contribution in [0.5, 0.6) is 0 Å². The number of oxime groups is 1. The Kier molecular flexibility index (Phi) is 8.96. The molecule has 3 aromatic carbocycles. The molecule has 1 amide bonds. The van der Waals surface area contributed by atoms with Crippen molar-refractivity contribution >= 4 is 81.1 Å². The first-order valence-electron chi connectivity index (χ1n) is 11.7. The highest BCUT2D eigenvalue weighted by Crippen LogP contribution is 2.65. The van der Waals surface area contributed by atoms with Gasteiger partial charge in [0.25, 0.3) is 0 Å². The number of benzene rings is 3. The zero-order chi connectivity index (χ0) is 27.6. The molecule has 1 aliphatic carbocycles. The maximum absolute atomic E-state index is 13.1. The van der Waals surface area contributed by atoms with E-state index in [1.54, 1.807) is 36.4 Å². The zero-order valence-corrected chi connectivity index (χ0v) is 24.2. The number of Topliss-reactive ketones (excluding diaryl/α,β-unsaturated/α-hetero) is 1. The number of nitrogens with one attached hydrogen (secondary N) is 1. The van der Waals surface area contributed by atoms with Gasteiger partial charge in [-0.05, 0) is 66.9 Å². The molecule has 0 aliphatic heterocycles. The summed E-state index contributed by atoms with van der Waals surface area (Å²) in [5.41, 5.74) is 3.81. The van der Waals surface area contributed by atoms with Crippen molar-refractivity contribution in [2.24, 2.45) is 11.1 Å². The van der Waals surface area contributed by atoms with E-state index in [1.165, 1.54) is 0 Å². The van der Waals surface area contributed by atoms with Crippen molar-refractivity contribution in [1.29, 1.82) is 0 Å². The Bertz CT molecular complexity index is 1390. The molecule has 0 saturated heterocycles. The molecule has 5 nitrogen and oxygen atoms in total. The first-order chi connectivity index (χ1) is 18.0. The third kappa shape index (κ3) is 6.47. The lowest BCUT2D eigenvalue weighted by atomic mass is 10.0. The van der Waals surface area contributed by atoms with Gasteiger partial charge in [0.05, 0.1) is 16.7 Å². The molecular formula is C28H23Cl5N2O3. The summed E-state index contributed by atoms with van der Waals surface area (Å²) in [5.74, 6) is -1.80. The van der Waals surface area contributed by atoms with E-state index in [1.807, 2.05) is 38.1 Å². The van der Waals surface area contributed by atoms with Crippen LogP contribution in [0, 0.1) is 5.92 Å². The fourth-order valence-corrected chi connectivity index (χ4v) is 5.81. The second-order valence-corrected chi connectivity index (χ2v) is 11.6. The van der Waals surface area contributed by atoms with Crippen LogP contribution in [0.25, 0.3) is 0 Å². The van der Waals surface area contributed by atoms with E-state index in [2.05, 4.69) is 10.5 Å². The molecule has 4 rings (SSSR count). The Labute approximate surface area is 246 Å². The van der Waals surface area contributed by atoms with E-state index in [0.717, 1.165) is 16.8 Å². The van der Waals surface area contributed by atoms with Crippen molar-refractivity contribution < 1.29 is 14.4 Å². The number of alkyl halides is 2. The summed E-state index contributed by atoms with van der Waals surface area (Å²) >= 11 is 31.5. The van der Waals surface area contributed by atoms with Crippen LogP contribution in [0.15, 0.2) is 65.8 Å². The van der Waals surface area contributed by atoms with Crippen molar-refractivity contribution in [1.82, 2.24) is 0 Å². The summed E-state index contributed by atoms with van der Waals surface area (Å²) in [4.78, 5) is 31.2. The Balaban J connectivity index is 1.46. The molecule has 198 valence electrons. The molecule has 0 heterocycles. The minimum Gasteiger partial charge on any atom is -0.396 e. The van der Waals surface area contributed by atoms with Crippen LogP contribution in [-0.4, -0.2) is 28.3 Å². The number of hydrogen-bond donors (Lipinski definition) is 1. The monoisotopic (exact) mass is 610 g/mol. The number of rotatable bonds is 9. The number of carbonyl (C=O) groups excluding carboxylic acids is 2. The minimum atomic E-state index is -1.32. The van der Waals surface area contributed by atoms with Gasteiger partial charge in [-0.25, -0.2) is 0 Å². The molecular weight excluding hydrogens is 590 g/mol. The van der Waals surface area contributed by atoms with Gasteiger partial charge in [0.15, 0.2) is 5.78 Å². The van der Waals surface area contributed by atoms with Gasteiger partial charge in [0, 0.05) is 33.6 Å². The van der Waals surface area contributed by atoms with Crippen LogP contribution in [-0.2, 0) is 16.1 Å². The zero-order valence-electron chi connectivity index (χ0n) is 20.4. The Morgan fingerprint density at radius 3 is 2.26 bits per heavy atom. The smallest absolute Gasteiger partial charge is 0.231 e. The lowest BCUT2D eigenvalue weighted by Crippen LogP contribution is -2.17. The Hall–Kier alpha value is -2.28.